The summed E-state index contributed by atoms with van der Waals surface area (Å²) >= 11 is 0. The zero-order chi connectivity index (χ0) is 16.1. The summed E-state index contributed by atoms with van der Waals surface area (Å²) in [6.45, 7) is 2.44. The molecular formula is C16H22N2O4. The van der Waals surface area contributed by atoms with E-state index >= 15 is 0 Å². The van der Waals surface area contributed by atoms with Crippen LogP contribution in [0.25, 0.3) is 0 Å². The van der Waals surface area contributed by atoms with Crippen LogP contribution < -0.4 is 5.32 Å². The van der Waals surface area contributed by atoms with Gasteiger partial charge in [0.05, 0.1) is 18.0 Å². The van der Waals surface area contributed by atoms with E-state index in [1.807, 2.05) is 6.07 Å². The molecule has 0 aliphatic heterocycles. The van der Waals surface area contributed by atoms with Crippen LogP contribution in [-0.2, 0) is 16.1 Å². The molecule has 0 unspecified atom stereocenters. The molecule has 0 bridgehead atoms. The molecule has 0 amide bonds. The van der Waals surface area contributed by atoms with Crippen LogP contribution in [0.15, 0.2) is 18.2 Å². The molecule has 1 saturated carbocycles. The molecule has 1 aromatic rings. The Morgan fingerprint density at radius 1 is 1.36 bits per heavy atom. The van der Waals surface area contributed by atoms with Crippen LogP contribution >= 0.6 is 0 Å². The normalized spacial score (nSPS) is 21.4. The lowest BCUT2D eigenvalue weighted by Gasteiger charge is -2.27. The maximum Gasteiger partial charge on any atom is 0.308 e. The number of methoxy groups -OCH3 is 1. The van der Waals surface area contributed by atoms with Crippen LogP contribution in [0, 0.1) is 23.0 Å². The van der Waals surface area contributed by atoms with E-state index in [-0.39, 0.29) is 22.5 Å². The van der Waals surface area contributed by atoms with E-state index in [1.165, 1.54) is 7.11 Å². The topological polar surface area (TPSA) is 81.5 Å². The highest BCUT2D eigenvalue weighted by atomic mass is 16.6. The van der Waals surface area contributed by atoms with Gasteiger partial charge in [-0.3, -0.25) is 14.9 Å². The Kier molecular flexibility index (Phi) is 5.49. The summed E-state index contributed by atoms with van der Waals surface area (Å²) in [6, 6.07) is 5.58. The van der Waals surface area contributed by atoms with Crippen molar-refractivity contribution in [1.29, 1.82) is 0 Å². The average Bonchev–Trinajstić information content (AvgIpc) is 2.52. The van der Waals surface area contributed by atoms with Crippen LogP contribution in [0.1, 0.15) is 36.8 Å². The van der Waals surface area contributed by atoms with Gasteiger partial charge in [-0.1, -0.05) is 6.07 Å². The van der Waals surface area contributed by atoms with Gasteiger partial charge in [0, 0.05) is 24.2 Å². The maximum atomic E-state index is 11.5. The minimum atomic E-state index is -0.360. The molecule has 2 rings (SSSR count). The summed E-state index contributed by atoms with van der Waals surface area (Å²) in [7, 11) is 1.43. The predicted octanol–water partition coefficient (Wildman–Crippen LogP) is 2.72. The summed E-state index contributed by atoms with van der Waals surface area (Å²) in [5.74, 6) is -0.0749. The first-order chi connectivity index (χ1) is 10.5. The maximum absolute atomic E-state index is 11.5. The number of hydrogen-bond donors (Lipinski definition) is 1. The van der Waals surface area contributed by atoms with E-state index in [4.69, 9.17) is 4.74 Å². The van der Waals surface area contributed by atoms with Crippen LogP contribution in [-0.4, -0.2) is 24.0 Å². The minimum Gasteiger partial charge on any atom is -0.469 e. The molecule has 1 aliphatic rings. The van der Waals surface area contributed by atoms with Gasteiger partial charge in [-0.2, -0.15) is 0 Å². The third-order valence-electron chi connectivity index (χ3n) is 4.31. The lowest BCUT2D eigenvalue weighted by atomic mass is 9.86. The summed E-state index contributed by atoms with van der Waals surface area (Å²) in [5, 5.41) is 14.3. The summed E-state index contributed by atoms with van der Waals surface area (Å²) in [6.07, 6.45) is 3.60. The molecule has 1 fully saturated rings. The fourth-order valence-corrected chi connectivity index (χ4v) is 2.99. The molecule has 0 saturated heterocycles. The van der Waals surface area contributed by atoms with Gasteiger partial charge in [0.2, 0.25) is 0 Å². The molecule has 22 heavy (non-hydrogen) atoms. The Morgan fingerprint density at radius 2 is 2.05 bits per heavy atom. The number of nitro groups is 1. The largest absolute Gasteiger partial charge is 0.469 e. The number of nitro benzene ring substituents is 1. The average molecular weight is 306 g/mol. The van der Waals surface area contributed by atoms with Gasteiger partial charge in [0.15, 0.2) is 0 Å². The van der Waals surface area contributed by atoms with Crippen LogP contribution in [0.4, 0.5) is 5.69 Å². The van der Waals surface area contributed by atoms with Crippen molar-refractivity contribution in [2.75, 3.05) is 7.11 Å². The lowest BCUT2D eigenvalue weighted by Crippen LogP contribution is -2.34. The van der Waals surface area contributed by atoms with Gasteiger partial charge in [-0.05, 0) is 44.2 Å². The first kappa shape index (κ1) is 16.4. The van der Waals surface area contributed by atoms with E-state index in [9.17, 15) is 14.9 Å². The predicted molar refractivity (Wildman–Crippen MR) is 82.4 cm³/mol. The fraction of sp³-hybridized carbons (Fsp3) is 0.562. The number of rotatable bonds is 5. The minimum absolute atomic E-state index is 0.0321. The monoisotopic (exact) mass is 306 g/mol. The van der Waals surface area contributed by atoms with Gasteiger partial charge in [0.1, 0.15) is 0 Å². The SMILES string of the molecule is COC(=O)[C@H]1CC[C@H](NCc2ccc([N+](=O)[O-])c(C)c2)CC1. The fourth-order valence-electron chi connectivity index (χ4n) is 2.99. The molecule has 1 aromatic carbocycles. The van der Waals surface area contributed by atoms with Crippen molar-refractivity contribution in [3.8, 4) is 0 Å². The highest BCUT2D eigenvalue weighted by Crippen LogP contribution is 2.25. The third kappa shape index (κ3) is 4.04. The molecular weight excluding hydrogens is 284 g/mol. The Balaban J connectivity index is 1.83. The highest BCUT2D eigenvalue weighted by Gasteiger charge is 2.26. The zero-order valence-corrected chi connectivity index (χ0v) is 13.0. The molecule has 0 heterocycles. The van der Waals surface area contributed by atoms with E-state index < -0.39 is 0 Å². The van der Waals surface area contributed by atoms with E-state index in [2.05, 4.69) is 5.32 Å². The lowest BCUT2D eigenvalue weighted by molar-refractivity contribution is -0.385. The van der Waals surface area contributed by atoms with E-state index in [0.717, 1.165) is 31.2 Å². The first-order valence-electron chi connectivity index (χ1n) is 7.56. The number of aryl methyl sites for hydroxylation is 1. The zero-order valence-electron chi connectivity index (χ0n) is 13.0. The van der Waals surface area contributed by atoms with Crippen LogP contribution in [0.3, 0.4) is 0 Å². The van der Waals surface area contributed by atoms with Gasteiger partial charge in [0.25, 0.3) is 5.69 Å². The highest BCUT2D eigenvalue weighted by molar-refractivity contribution is 5.72. The Morgan fingerprint density at radius 3 is 2.59 bits per heavy atom. The van der Waals surface area contributed by atoms with Gasteiger partial charge >= 0.3 is 5.97 Å². The Labute approximate surface area is 130 Å². The number of benzene rings is 1. The van der Waals surface area contributed by atoms with Crippen LogP contribution in [0.5, 0.6) is 0 Å². The van der Waals surface area contributed by atoms with Crippen molar-refractivity contribution in [3.63, 3.8) is 0 Å². The molecule has 6 nitrogen and oxygen atoms in total. The van der Waals surface area contributed by atoms with Crippen LogP contribution in [0.2, 0.25) is 0 Å². The summed E-state index contributed by atoms with van der Waals surface area (Å²) in [5.41, 5.74) is 1.87. The molecule has 1 N–H and O–H groups in total. The van der Waals surface area contributed by atoms with Crippen molar-refractivity contribution in [3.05, 3.63) is 39.4 Å². The second-order valence-electron chi connectivity index (χ2n) is 5.83. The number of carbonyl (C=O) groups excluding carboxylic acids is 1. The van der Waals surface area contributed by atoms with Gasteiger partial charge < -0.3 is 10.1 Å². The summed E-state index contributed by atoms with van der Waals surface area (Å²) in [4.78, 5) is 21.9. The van der Waals surface area contributed by atoms with Crippen molar-refractivity contribution >= 4 is 11.7 Å². The Hall–Kier alpha value is -1.95. The number of nitrogens with zero attached hydrogens (tertiary/aromatic N) is 1. The Bertz CT molecular complexity index is 551. The standard InChI is InChI=1S/C16H22N2O4/c1-11-9-12(3-8-15(11)18(20)21)10-17-14-6-4-13(5-7-14)16(19)22-2/h3,8-9,13-14,17H,4-7,10H2,1-2H3/t13-,14-. The molecule has 120 valence electrons. The number of esters is 1. The number of ether oxygens (including phenoxy) is 1. The van der Waals surface area contributed by atoms with Gasteiger partial charge in [-0.15, -0.1) is 0 Å². The molecule has 0 aromatic heterocycles. The second-order valence-corrected chi connectivity index (χ2v) is 5.83. The molecule has 0 spiro atoms. The van der Waals surface area contributed by atoms with Crippen molar-refractivity contribution in [1.82, 2.24) is 5.32 Å². The number of carbonyl (C=O) groups is 1. The van der Waals surface area contributed by atoms with E-state index in [1.54, 1.807) is 19.1 Å². The van der Waals surface area contributed by atoms with Crippen molar-refractivity contribution in [2.24, 2.45) is 5.92 Å². The third-order valence-corrected chi connectivity index (χ3v) is 4.31. The quantitative estimate of drug-likeness (QED) is 0.514. The molecule has 1 aliphatic carbocycles. The first-order valence-corrected chi connectivity index (χ1v) is 7.56. The number of hydrogen-bond acceptors (Lipinski definition) is 5. The van der Waals surface area contributed by atoms with Gasteiger partial charge in [-0.25, -0.2) is 0 Å². The second kappa shape index (κ2) is 7.35. The summed E-state index contributed by atoms with van der Waals surface area (Å²) < 4.78 is 4.78. The molecule has 0 atom stereocenters. The molecule has 6 heteroatoms. The van der Waals surface area contributed by atoms with Crippen molar-refractivity contribution in [2.45, 2.75) is 45.2 Å². The smallest absolute Gasteiger partial charge is 0.308 e. The van der Waals surface area contributed by atoms with Crippen molar-refractivity contribution < 1.29 is 14.5 Å². The molecule has 0 radical (unpaired) electrons. The van der Waals surface area contributed by atoms with E-state index in [0.29, 0.717) is 18.2 Å². The number of nitrogens with one attached hydrogen (secondary N) is 1.